The summed E-state index contributed by atoms with van der Waals surface area (Å²) in [5.41, 5.74) is 0.0424. The highest BCUT2D eigenvalue weighted by atomic mass is 19.1. The Morgan fingerprint density at radius 3 is 2.59 bits per heavy atom. The Morgan fingerprint density at radius 2 is 1.93 bits per heavy atom. The lowest BCUT2D eigenvalue weighted by Crippen LogP contribution is -2.40. The first-order chi connectivity index (χ1) is 12.8. The molecule has 0 radical (unpaired) electrons. The molecular weight excluding hydrogens is 353 g/mol. The van der Waals surface area contributed by atoms with Crippen molar-refractivity contribution in [2.24, 2.45) is 7.05 Å². The second-order valence-electron chi connectivity index (χ2n) is 6.45. The smallest absolute Gasteiger partial charge is 0.298 e. The topological polar surface area (TPSA) is 83.3 Å². The SMILES string of the molecule is CC(=O)Cn1c(=O)c2c(nc3n(-c4ccccc4F)c(C)cn23)n(C)c1=O. The molecule has 3 heterocycles. The van der Waals surface area contributed by atoms with Gasteiger partial charge in [-0.15, -0.1) is 0 Å². The quantitative estimate of drug-likeness (QED) is 0.543. The third kappa shape index (κ3) is 2.35. The molecule has 0 saturated carbocycles. The predicted octanol–water partition coefficient (Wildman–Crippen LogP) is 1.18. The molecule has 0 amide bonds. The van der Waals surface area contributed by atoms with Crippen molar-refractivity contribution in [1.82, 2.24) is 23.1 Å². The molecule has 27 heavy (non-hydrogen) atoms. The lowest BCUT2D eigenvalue weighted by atomic mass is 10.3. The third-order valence-electron chi connectivity index (χ3n) is 4.50. The minimum Gasteiger partial charge on any atom is -0.298 e. The maximum atomic E-state index is 14.3. The molecule has 0 saturated heterocycles. The van der Waals surface area contributed by atoms with E-state index in [4.69, 9.17) is 0 Å². The number of hydrogen-bond donors (Lipinski definition) is 0. The van der Waals surface area contributed by atoms with Crippen molar-refractivity contribution in [3.05, 3.63) is 62.8 Å². The number of para-hydroxylation sites is 1. The Bertz CT molecular complexity index is 1360. The van der Waals surface area contributed by atoms with Gasteiger partial charge in [-0.1, -0.05) is 12.1 Å². The van der Waals surface area contributed by atoms with Crippen molar-refractivity contribution in [3.8, 4) is 5.69 Å². The minimum absolute atomic E-state index is 0.159. The summed E-state index contributed by atoms with van der Waals surface area (Å²) in [6.45, 7) is 2.76. The standard InChI is InChI=1S/C18H16FN5O3/c1-10-8-22-14-15(21(3)18(27)23(16(14)26)9-11(2)25)20-17(22)24(10)13-7-5-4-6-12(13)19/h4-8H,9H2,1-3H3. The zero-order chi connectivity index (χ0) is 19.5. The van der Waals surface area contributed by atoms with Gasteiger partial charge in [-0.3, -0.25) is 27.7 Å². The molecule has 0 fully saturated rings. The molecule has 1 aromatic carbocycles. The Balaban J connectivity index is 2.16. The maximum Gasteiger partial charge on any atom is 0.332 e. The number of Topliss-reactive ketones (excluding diaryl/α,β-unsaturated/α-hetero) is 1. The average Bonchev–Trinajstić information content (AvgIpc) is 3.12. The van der Waals surface area contributed by atoms with E-state index in [1.165, 1.54) is 29.0 Å². The number of nitrogens with zero attached hydrogens (tertiary/aromatic N) is 5. The first-order valence-electron chi connectivity index (χ1n) is 8.25. The van der Waals surface area contributed by atoms with Crippen LogP contribution >= 0.6 is 0 Å². The third-order valence-corrected chi connectivity index (χ3v) is 4.50. The van der Waals surface area contributed by atoms with E-state index in [2.05, 4.69) is 4.98 Å². The second-order valence-corrected chi connectivity index (χ2v) is 6.45. The van der Waals surface area contributed by atoms with Gasteiger partial charge in [0, 0.05) is 18.9 Å². The molecule has 9 heteroatoms. The van der Waals surface area contributed by atoms with Crippen LogP contribution in [0.3, 0.4) is 0 Å². The van der Waals surface area contributed by atoms with Crippen molar-refractivity contribution in [1.29, 1.82) is 0 Å². The molecule has 3 aromatic heterocycles. The zero-order valence-corrected chi connectivity index (χ0v) is 14.9. The van der Waals surface area contributed by atoms with E-state index in [0.717, 1.165) is 4.57 Å². The van der Waals surface area contributed by atoms with Crippen LogP contribution in [0.1, 0.15) is 12.6 Å². The van der Waals surface area contributed by atoms with E-state index in [1.807, 2.05) is 0 Å². The molecule has 4 aromatic rings. The number of carbonyl (C=O) groups is 1. The lowest BCUT2D eigenvalue weighted by molar-refractivity contribution is -0.117. The monoisotopic (exact) mass is 369 g/mol. The molecule has 0 atom stereocenters. The number of ketones is 1. The van der Waals surface area contributed by atoms with Crippen molar-refractivity contribution in [2.45, 2.75) is 20.4 Å². The van der Waals surface area contributed by atoms with Crippen molar-refractivity contribution in [2.75, 3.05) is 0 Å². The second kappa shape index (κ2) is 5.76. The van der Waals surface area contributed by atoms with Gasteiger partial charge in [-0.05, 0) is 26.0 Å². The van der Waals surface area contributed by atoms with Crippen molar-refractivity contribution in [3.63, 3.8) is 0 Å². The number of benzene rings is 1. The number of aromatic nitrogens is 5. The number of aryl methyl sites for hydroxylation is 2. The molecule has 0 N–H and O–H groups in total. The molecule has 0 bridgehead atoms. The number of fused-ring (bicyclic) bond motifs is 3. The van der Waals surface area contributed by atoms with Crippen LogP contribution in [0.2, 0.25) is 0 Å². The molecule has 4 rings (SSSR count). The number of rotatable bonds is 3. The minimum atomic E-state index is -0.627. The summed E-state index contributed by atoms with van der Waals surface area (Å²) in [4.78, 5) is 41.3. The van der Waals surface area contributed by atoms with Gasteiger partial charge in [0.25, 0.3) is 5.56 Å². The molecule has 0 aliphatic carbocycles. The Hall–Kier alpha value is -3.49. The molecular formula is C18H16FN5O3. The van der Waals surface area contributed by atoms with Crippen LogP contribution in [0.4, 0.5) is 4.39 Å². The molecule has 8 nitrogen and oxygen atoms in total. The molecule has 0 unspecified atom stereocenters. The summed E-state index contributed by atoms with van der Waals surface area (Å²) in [5.74, 6) is -0.441. The molecule has 0 aliphatic rings. The van der Waals surface area contributed by atoms with Gasteiger partial charge in [0.05, 0.1) is 12.2 Å². The van der Waals surface area contributed by atoms with E-state index in [1.54, 1.807) is 35.9 Å². The fourth-order valence-electron chi connectivity index (χ4n) is 3.30. The first kappa shape index (κ1) is 17.0. The fraction of sp³-hybridized carbons (Fsp3) is 0.222. The van der Waals surface area contributed by atoms with Gasteiger partial charge in [0.15, 0.2) is 11.2 Å². The van der Waals surface area contributed by atoms with Crippen LogP contribution in [-0.2, 0) is 18.4 Å². The predicted molar refractivity (Wildman–Crippen MR) is 96.9 cm³/mol. The highest BCUT2D eigenvalue weighted by Crippen LogP contribution is 2.22. The van der Waals surface area contributed by atoms with Crippen LogP contribution in [0.15, 0.2) is 40.1 Å². The summed E-state index contributed by atoms with van der Waals surface area (Å²) >= 11 is 0. The summed E-state index contributed by atoms with van der Waals surface area (Å²) < 4.78 is 19.5. The van der Waals surface area contributed by atoms with E-state index >= 15 is 0 Å². The fourth-order valence-corrected chi connectivity index (χ4v) is 3.30. The zero-order valence-electron chi connectivity index (χ0n) is 14.9. The van der Waals surface area contributed by atoms with E-state index in [-0.39, 0.29) is 29.2 Å². The van der Waals surface area contributed by atoms with Crippen LogP contribution < -0.4 is 11.2 Å². The number of carbonyl (C=O) groups excluding carboxylic acids is 1. The normalized spacial score (nSPS) is 11.6. The summed E-state index contributed by atoms with van der Waals surface area (Å²) in [6.07, 6.45) is 1.65. The van der Waals surface area contributed by atoms with Crippen LogP contribution in [0, 0.1) is 12.7 Å². The van der Waals surface area contributed by atoms with E-state index in [0.29, 0.717) is 11.5 Å². The van der Waals surface area contributed by atoms with Gasteiger partial charge in [-0.2, -0.15) is 4.98 Å². The number of imidazole rings is 2. The summed E-state index contributed by atoms with van der Waals surface area (Å²) in [6, 6.07) is 6.23. The number of halogens is 1. The Morgan fingerprint density at radius 1 is 1.22 bits per heavy atom. The molecule has 0 spiro atoms. The highest BCUT2D eigenvalue weighted by molar-refractivity contribution is 5.78. The average molecular weight is 369 g/mol. The highest BCUT2D eigenvalue weighted by Gasteiger charge is 2.21. The van der Waals surface area contributed by atoms with E-state index in [9.17, 15) is 18.8 Å². The summed E-state index contributed by atoms with van der Waals surface area (Å²) in [7, 11) is 1.48. The van der Waals surface area contributed by atoms with Crippen molar-refractivity contribution < 1.29 is 9.18 Å². The van der Waals surface area contributed by atoms with Gasteiger partial charge < -0.3 is 0 Å². The largest absolute Gasteiger partial charge is 0.332 e. The lowest BCUT2D eigenvalue weighted by Gasteiger charge is -2.07. The number of hydrogen-bond acceptors (Lipinski definition) is 4. The van der Waals surface area contributed by atoms with Crippen LogP contribution in [0.5, 0.6) is 0 Å². The van der Waals surface area contributed by atoms with Crippen LogP contribution in [0.25, 0.3) is 22.6 Å². The summed E-state index contributed by atoms with van der Waals surface area (Å²) in [5, 5.41) is 0. The van der Waals surface area contributed by atoms with E-state index < -0.39 is 17.1 Å². The first-order valence-corrected chi connectivity index (χ1v) is 8.25. The molecule has 0 aliphatic heterocycles. The van der Waals surface area contributed by atoms with Crippen LogP contribution in [-0.4, -0.2) is 28.9 Å². The van der Waals surface area contributed by atoms with Gasteiger partial charge in [-0.25, -0.2) is 9.18 Å². The van der Waals surface area contributed by atoms with Crippen molar-refractivity contribution >= 4 is 22.7 Å². The van der Waals surface area contributed by atoms with Gasteiger partial charge >= 0.3 is 5.69 Å². The Kier molecular flexibility index (Phi) is 3.62. The molecule has 138 valence electrons. The Labute approximate surface area is 151 Å². The van der Waals surface area contributed by atoms with Gasteiger partial charge in [0.2, 0.25) is 5.78 Å². The van der Waals surface area contributed by atoms with Gasteiger partial charge in [0.1, 0.15) is 11.6 Å². The maximum absolute atomic E-state index is 14.3.